The Hall–Kier alpha value is -3.35. The van der Waals surface area contributed by atoms with E-state index in [1.165, 1.54) is 30.6 Å². The number of fused-ring (bicyclic) bond motifs is 4. The van der Waals surface area contributed by atoms with Gasteiger partial charge in [0.2, 0.25) is 0 Å². The highest BCUT2D eigenvalue weighted by Crippen LogP contribution is 2.36. The number of pyridine rings is 1. The van der Waals surface area contributed by atoms with Crippen LogP contribution in [0.5, 0.6) is 0 Å². The van der Waals surface area contributed by atoms with Gasteiger partial charge in [-0.2, -0.15) is 0 Å². The Kier molecular flexibility index (Phi) is 4.23. The summed E-state index contributed by atoms with van der Waals surface area (Å²) in [4.78, 5) is 35.8. The van der Waals surface area contributed by atoms with Crippen molar-refractivity contribution in [2.24, 2.45) is 5.92 Å². The number of rotatable bonds is 2. The van der Waals surface area contributed by atoms with Crippen molar-refractivity contribution in [1.82, 2.24) is 19.4 Å². The first kappa shape index (κ1) is 17.7. The predicted octanol–water partition coefficient (Wildman–Crippen LogP) is 2.70. The SMILES string of the molecule is O=C(c1ccc(F)cc1)N1CC2CC(C1)c1ccc(-c3cncnc3)c(=O)n1C2. The Morgan fingerprint density at radius 3 is 2.52 bits per heavy atom. The lowest BCUT2D eigenvalue weighted by Gasteiger charge is -2.43. The van der Waals surface area contributed by atoms with Gasteiger partial charge in [0.05, 0.1) is 5.56 Å². The molecule has 146 valence electrons. The molecule has 0 saturated carbocycles. The minimum absolute atomic E-state index is 0.0367. The molecule has 1 fully saturated rings. The van der Waals surface area contributed by atoms with Gasteiger partial charge in [0, 0.05) is 54.8 Å². The van der Waals surface area contributed by atoms with Crippen LogP contribution in [0.4, 0.5) is 4.39 Å². The molecular weight excluding hydrogens is 371 g/mol. The third kappa shape index (κ3) is 3.12. The molecule has 3 aromatic rings. The van der Waals surface area contributed by atoms with Crippen LogP contribution in [0.3, 0.4) is 0 Å². The Bertz CT molecular complexity index is 1130. The van der Waals surface area contributed by atoms with Crippen LogP contribution in [-0.4, -0.2) is 38.4 Å². The summed E-state index contributed by atoms with van der Waals surface area (Å²) in [5.41, 5.74) is 2.71. The van der Waals surface area contributed by atoms with Gasteiger partial charge in [-0.05, 0) is 48.7 Å². The van der Waals surface area contributed by atoms with E-state index < -0.39 is 0 Å². The molecule has 2 atom stereocenters. The molecule has 0 radical (unpaired) electrons. The highest BCUT2D eigenvalue weighted by atomic mass is 19.1. The van der Waals surface area contributed by atoms with E-state index in [1.807, 2.05) is 21.6 Å². The van der Waals surface area contributed by atoms with Gasteiger partial charge in [0.1, 0.15) is 12.1 Å². The minimum Gasteiger partial charge on any atom is -0.338 e. The molecule has 2 aliphatic heterocycles. The van der Waals surface area contributed by atoms with Crippen LogP contribution in [0.25, 0.3) is 11.1 Å². The number of carbonyl (C=O) groups is 1. The standard InChI is InChI=1S/C22H19FN4O2/c23-18-3-1-15(2-4-18)21(28)26-10-14-7-16(12-26)20-6-5-19(22(29)27(20)11-14)17-8-24-13-25-9-17/h1-6,8-9,13-14,16H,7,10-12H2. The maximum atomic E-state index is 13.2. The molecule has 4 heterocycles. The number of likely N-dealkylation sites (tertiary alicyclic amines) is 1. The average Bonchev–Trinajstić information content (AvgIpc) is 2.75. The summed E-state index contributed by atoms with van der Waals surface area (Å²) in [5, 5.41) is 0. The summed E-state index contributed by atoms with van der Waals surface area (Å²) in [5.74, 6) is -0.121. The molecule has 29 heavy (non-hydrogen) atoms. The third-order valence-corrected chi connectivity index (χ3v) is 5.85. The largest absolute Gasteiger partial charge is 0.338 e. The van der Waals surface area contributed by atoms with E-state index >= 15 is 0 Å². The molecule has 0 aliphatic carbocycles. The van der Waals surface area contributed by atoms with Gasteiger partial charge in [0.15, 0.2) is 0 Å². The van der Waals surface area contributed by atoms with Crippen LogP contribution in [0, 0.1) is 11.7 Å². The van der Waals surface area contributed by atoms with Crippen molar-refractivity contribution in [1.29, 1.82) is 0 Å². The lowest BCUT2D eigenvalue weighted by Crippen LogP contribution is -2.49. The third-order valence-electron chi connectivity index (χ3n) is 5.85. The van der Waals surface area contributed by atoms with Crippen LogP contribution in [-0.2, 0) is 6.54 Å². The van der Waals surface area contributed by atoms with Gasteiger partial charge in [-0.1, -0.05) is 0 Å². The quantitative estimate of drug-likeness (QED) is 0.675. The molecule has 7 heteroatoms. The van der Waals surface area contributed by atoms with Crippen molar-refractivity contribution in [2.75, 3.05) is 13.1 Å². The van der Waals surface area contributed by atoms with Crippen LogP contribution in [0.2, 0.25) is 0 Å². The van der Waals surface area contributed by atoms with Crippen LogP contribution >= 0.6 is 0 Å². The summed E-state index contributed by atoms with van der Waals surface area (Å²) in [6.45, 7) is 1.73. The van der Waals surface area contributed by atoms with Gasteiger partial charge in [-0.25, -0.2) is 14.4 Å². The van der Waals surface area contributed by atoms with Gasteiger partial charge < -0.3 is 9.47 Å². The second-order valence-corrected chi connectivity index (χ2v) is 7.73. The lowest BCUT2D eigenvalue weighted by molar-refractivity contribution is 0.0594. The minimum atomic E-state index is -0.356. The number of nitrogens with zero attached hydrogens (tertiary/aromatic N) is 4. The van der Waals surface area contributed by atoms with Crippen molar-refractivity contribution in [2.45, 2.75) is 18.9 Å². The Morgan fingerprint density at radius 1 is 1.00 bits per heavy atom. The predicted molar refractivity (Wildman–Crippen MR) is 105 cm³/mol. The number of benzene rings is 1. The Morgan fingerprint density at radius 2 is 1.76 bits per heavy atom. The van der Waals surface area contributed by atoms with E-state index in [0.29, 0.717) is 36.3 Å². The normalized spacial score (nSPS) is 20.2. The first-order valence-corrected chi connectivity index (χ1v) is 9.64. The smallest absolute Gasteiger partial charge is 0.258 e. The molecule has 1 saturated heterocycles. The number of halogens is 1. The van der Waals surface area contributed by atoms with Crippen molar-refractivity contribution in [3.8, 4) is 11.1 Å². The molecule has 0 spiro atoms. The summed E-state index contributed by atoms with van der Waals surface area (Å²) >= 11 is 0. The summed E-state index contributed by atoms with van der Waals surface area (Å²) in [6.07, 6.45) is 5.68. The molecule has 1 aromatic carbocycles. The molecule has 1 amide bonds. The Labute approximate surface area is 166 Å². The average molecular weight is 390 g/mol. The molecule has 2 unspecified atom stereocenters. The zero-order valence-electron chi connectivity index (χ0n) is 15.7. The van der Waals surface area contributed by atoms with E-state index in [9.17, 15) is 14.0 Å². The Balaban J connectivity index is 1.45. The van der Waals surface area contributed by atoms with Crippen molar-refractivity contribution < 1.29 is 9.18 Å². The second kappa shape index (κ2) is 6.92. The van der Waals surface area contributed by atoms with E-state index in [-0.39, 0.29) is 29.1 Å². The van der Waals surface area contributed by atoms with Gasteiger partial charge in [-0.15, -0.1) is 0 Å². The monoisotopic (exact) mass is 390 g/mol. The van der Waals surface area contributed by atoms with E-state index in [2.05, 4.69) is 9.97 Å². The zero-order valence-corrected chi connectivity index (χ0v) is 15.7. The topological polar surface area (TPSA) is 68.1 Å². The number of hydrogen-bond donors (Lipinski definition) is 0. The summed E-state index contributed by atoms with van der Waals surface area (Å²) < 4.78 is 15.0. The highest BCUT2D eigenvalue weighted by molar-refractivity contribution is 5.94. The van der Waals surface area contributed by atoms with Crippen LogP contribution in [0.15, 0.2) is 59.9 Å². The number of amides is 1. The lowest BCUT2D eigenvalue weighted by atomic mass is 9.82. The summed E-state index contributed by atoms with van der Waals surface area (Å²) in [7, 11) is 0. The van der Waals surface area contributed by atoms with Crippen LogP contribution in [0.1, 0.15) is 28.4 Å². The number of hydrogen-bond acceptors (Lipinski definition) is 4. The number of aromatic nitrogens is 3. The summed E-state index contributed by atoms with van der Waals surface area (Å²) in [6, 6.07) is 9.47. The molecular formula is C22H19FN4O2. The van der Waals surface area contributed by atoms with Gasteiger partial charge >= 0.3 is 0 Å². The first-order valence-electron chi connectivity index (χ1n) is 9.64. The zero-order chi connectivity index (χ0) is 20.0. The molecule has 2 aliphatic rings. The van der Waals surface area contributed by atoms with E-state index in [0.717, 1.165) is 12.1 Å². The number of piperidine rings is 1. The molecule has 2 aromatic heterocycles. The fourth-order valence-corrected chi connectivity index (χ4v) is 4.54. The van der Waals surface area contributed by atoms with E-state index in [1.54, 1.807) is 12.4 Å². The van der Waals surface area contributed by atoms with Crippen molar-refractivity contribution in [3.63, 3.8) is 0 Å². The number of carbonyl (C=O) groups excluding carboxylic acids is 1. The second-order valence-electron chi connectivity index (χ2n) is 7.73. The van der Waals surface area contributed by atoms with Gasteiger partial charge in [0.25, 0.3) is 11.5 Å². The van der Waals surface area contributed by atoms with E-state index in [4.69, 9.17) is 0 Å². The van der Waals surface area contributed by atoms with Crippen molar-refractivity contribution >= 4 is 5.91 Å². The first-order chi connectivity index (χ1) is 14.1. The maximum Gasteiger partial charge on any atom is 0.258 e. The fourth-order valence-electron chi connectivity index (χ4n) is 4.54. The molecule has 2 bridgehead atoms. The molecule has 0 N–H and O–H groups in total. The highest BCUT2D eigenvalue weighted by Gasteiger charge is 2.37. The molecule has 6 nitrogen and oxygen atoms in total. The van der Waals surface area contributed by atoms with Gasteiger partial charge in [-0.3, -0.25) is 9.59 Å². The molecule has 5 rings (SSSR count). The fraction of sp³-hybridized carbons (Fsp3) is 0.273. The van der Waals surface area contributed by atoms with Crippen LogP contribution < -0.4 is 5.56 Å². The van der Waals surface area contributed by atoms with Crippen molar-refractivity contribution in [3.05, 3.63) is 82.5 Å². The maximum absolute atomic E-state index is 13.2.